The van der Waals surface area contributed by atoms with Gasteiger partial charge in [0.1, 0.15) is 5.82 Å². The van der Waals surface area contributed by atoms with Crippen LogP contribution in [0.25, 0.3) is 0 Å². The maximum atomic E-state index is 12.6. The van der Waals surface area contributed by atoms with Crippen molar-refractivity contribution in [3.63, 3.8) is 0 Å². The van der Waals surface area contributed by atoms with Crippen molar-refractivity contribution >= 4 is 17.6 Å². The molecule has 2 atom stereocenters. The first-order valence-electron chi connectivity index (χ1n) is 11.5. The molecule has 1 fully saturated rings. The lowest BCUT2D eigenvalue weighted by molar-refractivity contribution is -0.154. The number of nitrogens with one attached hydrogen (secondary N) is 1. The Balaban J connectivity index is 1.83. The molecule has 2 amide bonds. The highest BCUT2D eigenvalue weighted by Crippen LogP contribution is 2.32. The van der Waals surface area contributed by atoms with Crippen molar-refractivity contribution in [1.29, 1.82) is 0 Å². The smallest absolute Gasteiger partial charge is 0.422 e. The van der Waals surface area contributed by atoms with Crippen LogP contribution in [0, 0.1) is 12.8 Å². The van der Waals surface area contributed by atoms with Crippen molar-refractivity contribution < 1.29 is 32.2 Å². The van der Waals surface area contributed by atoms with Crippen molar-refractivity contribution in [3.8, 4) is 5.88 Å². The topological polar surface area (TPSA) is 120 Å². The summed E-state index contributed by atoms with van der Waals surface area (Å²) in [6.45, 7) is 7.12. The number of hydrogen-bond acceptors (Lipinski definition) is 7. The quantitative estimate of drug-likeness (QED) is 0.558. The number of carbonyl (C=O) groups is 2. The van der Waals surface area contributed by atoms with E-state index in [1.54, 1.807) is 13.8 Å². The van der Waals surface area contributed by atoms with Crippen molar-refractivity contribution in [3.05, 3.63) is 46.8 Å². The Morgan fingerprint density at radius 2 is 2.00 bits per heavy atom. The summed E-state index contributed by atoms with van der Waals surface area (Å²) in [5.41, 5.74) is 7.49. The van der Waals surface area contributed by atoms with Gasteiger partial charge in [-0.15, -0.1) is 0 Å². The van der Waals surface area contributed by atoms with Crippen molar-refractivity contribution in [2.45, 2.75) is 46.0 Å². The third kappa shape index (κ3) is 7.14. The van der Waals surface area contributed by atoms with Gasteiger partial charge in [0.05, 0.1) is 18.3 Å². The van der Waals surface area contributed by atoms with E-state index in [9.17, 15) is 22.8 Å². The summed E-state index contributed by atoms with van der Waals surface area (Å²) >= 11 is 0. The Bertz CT molecular complexity index is 1110. The van der Waals surface area contributed by atoms with Crippen molar-refractivity contribution in [1.82, 2.24) is 14.9 Å². The molecular weight excluding hydrogens is 479 g/mol. The minimum Gasteiger partial charge on any atom is -0.468 e. The van der Waals surface area contributed by atoms with Gasteiger partial charge in [-0.2, -0.15) is 13.2 Å². The van der Waals surface area contributed by atoms with E-state index in [0.29, 0.717) is 31.1 Å². The molecule has 2 aromatic rings. The molecule has 2 aromatic heterocycles. The van der Waals surface area contributed by atoms with Crippen LogP contribution in [0.15, 0.2) is 24.4 Å². The molecule has 0 saturated carbocycles. The number of amides is 2. The number of nitrogens with two attached hydrogens (primary N) is 1. The number of aromatic nitrogens is 2. The summed E-state index contributed by atoms with van der Waals surface area (Å²) in [4.78, 5) is 34.4. The van der Waals surface area contributed by atoms with E-state index in [1.807, 2.05) is 26.0 Å². The molecule has 0 bridgehead atoms. The fraction of sp³-hybridized carbons (Fsp3) is 0.500. The SMILES string of the molecule is Cc1cc(C(C)N2CCOC(c3cc(OCC(F)(F)F)ncc3C(N)=O)C2)cc(NC(=O)C(C)C)n1. The predicted octanol–water partition coefficient (Wildman–Crippen LogP) is 3.55. The molecule has 36 heavy (non-hydrogen) atoms. The van der Waals surface area contributed by atoms with Crippen LogP contribution < -0.4 is 15.8 Å². The van der Waals surface area contributed by atoms with Crippen LogP contribution in [0.2, 0.25) is 0 Å². The second-order valence-corrected chi connectivity index (χ2v) is 8.98. The van der Waals surface area contributed by atoms with Crippen LogP contribution in [0.4, 0.5) is 19.0 Å². The van der Waals surface area contributed by atoms with E-state index in [0.717, 1.165) is 17.5 Å². The highest BCUT2D eigenvalue weighted by atomic mass is 19.4. The molecule has 1 saturated heterocycles. The van der Waals surface area contributed by atoms with Crippen LogP contribution in [0.3, 0.4) is 0 Å². The van der Waals surface area contributed by atoms with Gasteiger partial charge in [0.2, 0.25) is 11.8 Å². The molecule has 3 heterocycles. The van der Waals surface area contributed by atoms with Gasteiger partial charge >= 0.3 is 6.18 Å². The molecule has 196 valence electrons. The number of aryl methyl sites for hydroxylation is 1. The predicted molar refractivity (Wildman–Crippen MR) is 125 cm³/mol. The fourth-order valence-electron chi connectivity index (χ4n) is 3.85. The molecule has 0 spiro atoms. The Labute approximate surface area is 207 Å². The first-order valence-corrected chi connectivity index (χ1v) is 11.5. The average Bonchev–Trinajstić information content (AvgIpc) is 2.81. The van der Waals surface area contributed by atoms with E-state index in [-0.39, 0.29) is 29.3 Å². The number of carbonyl (C=O) groups excluding carboxylic acids is 2. The summed E-state index contributed by atoms with van der Waals surface area (Å²) < 4.78 is 48.4. The summed E-state index contributed by atoms with van der Waals surface area (Å²) in [5, 5.41) is 2.82. The number of nitrogens with zero attached hydrogens (tertiary/aromatic N) is 3. The van der Waals surface area contributed by atoms with Gasteiger partial charge in [0, 0.05) is 48.6 Å². The fourth-order valence-corrected chi connectivity index (χ4v) is 3.85. The number of rotatable bonds is 8. The lowest BCUT2D eigenvalue weighted by Gasteiger charge is -2.37. The third-order valence-corrected chi connectivity index (χ3v) is 5.79. The van der Waals surface area contributed by atoms with Gasteiger partial charge < -0.3 is 20.5 Å². The summed E-state index contributed by atoms with van der Waals surface area (Å²) in [6, 6.07) is 4.88. The van der Waals surface area contributed by atoms with Crippen molar-refractivity contribution in [2.75, 3.05) is 31.6 Å². The molecule has 1 aliphatic rings. The van der Waals surface area contributed by atoms with Gasteiger partial charge in [-0.05, 0) is 31.5 Å². The van der Waals surface area contributed by atoms with Gasteiger partial charge in [-0.3, -0.25) is 14.5 Å². The van der Waals surface area contributed by atoms with Gasteiger partial charge in [-0.25, -0.2) is 9.97 Å². The van der Waals surface area contributed by atoms with E-state index < -0.39 is 24.8 Å². The molecule has 0 radical (unpaired) electrons. The van der Waals surface area contributed by atoms with Crippen LogP contribution in [-0.4, -0.2) is 59.2 Å². The molecular formula is C24H30F3N5O4. The molecule has 9 nitrogen and oxygen atoms in total. The molecule has 2 unspecified atom stereocenters. The molecule has 0 aromatic carbocycles. The van der Waals surface area contributed by atoms with E-state index in [4.69, 9.17) is 15.2 Å². The molecule has 12 heteroatoms. The monoisotopic (exact) mass is 509 g/mol. The third-order valence-electron chi connectivity index (χ3n) is 5.79. The first kappa shape index (κ1) is 27.3. The second-order valence-electron chi connectivity index (χ2n) is 8.98. The molecule has 0 aliphatic carbocycles. The molecule has 1 aliphatic heterocycles. The van der Waals surface area contributed by atoms with E-state index >= 15 is 0 Å². The normalized spacial score (nSPS) is 17.6. The number of ether oxygens (including phenoxy) is 2. The Hall–Kier alpha value is -3.25. The van der Waals surface area contributed by atoms with Crippen LogP contribution >= 0.6 is 0 Å². The molecule has 3 N–H and O–H groups in total. The van der Waals surface area contributed by atoms with Crippen LogP contribution in [0.1, 0.15) is 60.1 Å². The van der Waals surface area contributed by atoms with Crippen molar-refractivity contribution in [2.24, 2.45) is 11.7 Å². The van der Waals surface area contributed by atoms with Crippen LogP contribution in [0.5, 0.6) is 5.88 Å². The number of morpholine rings is 1. The van der Waals surface area contributed by atoms with Gasteiger partial charge in [0.15, 0.2) is 6.61 Å². The standard InChI is InChI=1S/C24H30F3N5O4/c1-13(2)23(34)31-20-8-16(7-14(3)30-20)15(4)32-5-6-35-19(11-32)17-9-21(36-12-24(25,26)27)29-10-18(17)22(28)33/h7-10,13,15,19H,5-6,11-12H2,1-4H3,(H2,28,33)(H,30,31,34). The first-order chi connectivity index (χ1) is 16.8. The summed E-state index contributed by atoms with van der Waals surface area (Å²) in [7, 11) is 0. The minimum absolute atomic E-state index is 0.0484. The zero-order chi connectivity index (χ0) is 26.6. The number of anilines is 1. The average molecular weight is 510 g/mol. The maximum Gasteiger partial charge on any atom is 0.422 e. The zero-order valence-corrected chi connectivity index (χ0v) is 20.6. The van der Waals surface area contributed by atoms with Gasteiger partial charge in [0.25, 0.3) is 5.91 Å². The number of primary amides is 1. The summed E-state index contributed by atoms with van der Waals surface area (Å²) in [5.74, 6) is -0.936. The minimum atomic E-state index is -4.53. The lowest BCUT2D eigenvalue weighted by atomic mass is 10.00. The largest absolute Gasteiger partial charge is 0.468 e. The Morgan fingerprint density at radius 1 is 1.28 bits per heavy atom. The Kier molecular flexibility index (Phi) is 8.51. The summed E-state index contributed by atoms with van der Waals surface area (Å²) in [6.07, 6.45) is -4.08. The second kappa shape index (κ2) is 11.2. The number of halogens is 3. The lowest BCUT2D eigenvalue weighted by Crippen LogP contribution is -2.40. The highest BCUT2D eigenvalue weighted by molar-refractivity contribution is 5.94. The van der Waals surface area contributed by atoms with Gasteiger partial charge in [-0.1, -0.05) is 13.8 Å². The molecule has 3 rings (SSSR count). The number of pyridine rings is 2. The van der Waals surface area contributed by atoms with E-state index in [2.05, 4.69) is 20.2 Å². The van der Waals surface area contributed by atoms with E-state index in [1.165, 1.54) is 6.07 Å². The maximum absolute atomic E-state index is 12.6. The highest BCUT2D eigenvalue weighted by Gasteiger charge is 2.31. The number of hydrogen-bond donors (Lipinski definition) is 2. The van der Waals surface area contributed by atoms with Crippen LogP contribution in [-0.2, 0) is 9.53 Å². The zero-order valence-electron chi connectivity index (χ0n) is 20.6. The number of alkyl halides is 3. The Morgan fingerprint density at radius 3 is 2.64 bits per heavy atom.